The molecule has 0 spiro atoms. The Morgan fingerprint density at radius 1 is 1.33 bits per heavy atom. The fraction of sp³-hybridized carbons (Fsp3) is 0.412. The number of aryl methyl sites for hydroxylation is 1. The number of fused-ring (bicyclic) bond motifs is 1. The Bertz CT molecular complexity index is 668. The fourth-order valence-electron chi connectivity index (χ4n) is 2.97. The molecule has 2 aromatic rings. The van der Waals surface area contributed by atoms with Crippen LogP contribution in [0.3, 0.4) is 0 Å². The van der Waals surface area contributed by atoms with Gasteiger partial charge in [0.15, 0.2) is 0 Å². The van der Waals surface area contributed by atoms with Crippen LogP contribution in [0.25, 0.3) is 10.9 Å². The zero-order valence-electron chi connectivity index (χ0n) is 12.7. The molecule has 21 heavy (non-hydrogen) atoms. The zero-order chi connectivity index (χ0) is 14.8. The molecule has 1 aromatic carbocycles. The van der Waals surface area contributed by atoms with Crippen LogP contribution in [0.2, 0.25) is 0 Å². The van der Waals surface area contributed by atoms with Crippen molar-refractivity contribution in [3.63, 3.8) is 0 Å². The van der Waals surface area contributed by atoms with Crippen LogP contribution in [-0.4, -0.2) is 42.5 Å². The lowest BCUT2D eigenvalue weighted by Crippen LogP contribution is -2.34. The average Bonchev–Trinajstić information content (AvgIpc) is 2.90. The summed E-state index contributed by atoms with van der Waals surface area (Å²) in [6.07, 6.45) is 3.57. The van der Waals surface area contributed by atoms with Crippen LogP contribution in [0.1, 0.15) is 18.4 Å². The number of hydrogen-bond acceptors (Lipinski definition) is 3. The Morgan fingerprint density at radius 3 is 2.95 bits per heavy atom. The van der Waals surface area contributed by atoms with Gasteiger partial charge in [0.2, 0.25) is 5.91 Å². The molecule has 0 radical (unpaired) electrons. The van der Waals surface area contributed by atoms with E-state index in [0.29, 0.717) is 12.3 Å². The minimum Gasteiger partial charge on any atom is -0.372 e. The van der Waals surface area contributed by atoms with Gasteiger partial charge in [-0.1, -0.05) is 18.2 Å². The maximum Gasteiger partial charge on any atom is 0.222 e. The minimum atomic E-state index is 0.291. The van der Waals surface area contributed by atoms with Crippen molar-refractivity contribution < 1.29 is 4.79 Å². The number of aromatic nitrogens is 1. The second kappa shape index (κ2) is 5.72. The molecule has 4 heteroatoms. The van der Waals surface area contributed by atoms with E-state index in [2.05, 4.69) is 42.1 Å². The highest BCUT2D eigenvalue weighted by molar-refractivity contribution is 5.93. The molecule has 2 heterocycles. The van der Waals surface area contributed by atoms with E-state index in [4.69, 9.17) is 0 Å². The van der Waals surface area contributed by atoms with Crippen molar-refractivity contribution in [2.75, 3.05) is 31.6 Å². The number of carbonyl (C=O) groups is 1. The van der Waals surface area contributed by atoms with Gasteiger partial charge >= 0.3 is 0 Å². The molecule has 3 rings (SSSR count). The smallest absolute Gasteiger partial charge is 0.222 e. The number of nitrogens with zero attached hydrogens (tertiary/aromatic N) is 3. The summed E-state index contributed by atoms with van der Waals surface area (Å²) in [7, 11) is 2.08. The standard InChI is InChI=1S/C17H21N3O/c1-13-5-3-6-14-15(8-9-18-17(13)14)19(2)11-12-20-10-4-7-16(20)21/h3,5-6,8-9H,4,7,10-12H2,1-2H3. The van der Waals surface area contributed by atoms with Crippen LogP contribution in [0.5, 0.6) is 0 Å². The molecule has 1 saturated heterocycles. The zero-order valence-corrected chi connectivity index (χ0v) is 12.7. The molecule has 0 unspecified atom stereocenters. The van der Waals surface area contributed by atoms with Crippen LogP contribution in [-0.2, 0) is 4.79 Å². The Balaban J connectivity index is 1.80. The van der Waals surface area contributed by atoms with Gasteiger partial charge in [0, 0.05) is 50.4 Å². The lowest BCUT2D eigenvalue weighted by molar-refractivity contribution is -0.127. The maximum absolute atomic E-state index is 11.7. The van der Waals surface area contributed by atoms with Crippen LogP contribution >= 0.6 is 0 Å². The maximum atomic E-state index is 11.7. The molecule has 4 nitrogen and oxygen atoms in total. The quantitative estimate of drug-likeness (QED) is 0.865. The van der Waals surface area contributed by atoms with Crippen LogP contribution in [0.15, 0.2) is 30.5 Å². The van der Waals surface area contributed by atoms with E-state index in [-0.39, 0.29) is 0 Å². The fourth-order valence-corrected chi connectivity index (χ4v) is 2.97. The van der Waals surface area contributed by atoms with Gasteiger partial charge in [-0.2, -0.15) is 0 Å². The molecule has 0 saturated carbocycles. The summed E-state index contributed by atoms with van der Waals surface area (Å²) in [5.74, 6) is 0.291. The first-order chi connectivity index (χ1) is 10.2. The van der Waals surface area contributed by atoms with E-state index in [1.54, 1.807) is 0 Å². The number of likely N-dealkylation sites (N-methyl/N-ethyl adjacent to an activating group) is 1. The van der Waals surface area contributed by atoms with Crippen molar-refractivity contribution in [1.82, 2.24) is 9.88 Å². The topological polar surface area (TPSA) is 36.4 Å². The van der Waals surface area contributed by atoms with Crippen LogP contribution in [0.4, 0.5) is 5.69 Å². The number of likely N-dealkylation sites (tertiary alicyclic amines) is 1. The van der Waals surface area contributed by atoms with Gasteiger partial charge in [-0.25, -0.2) is 0 Å². The van der Waals surface area contributed by atoms with Crippen LogP contribution < -0.4 is 4.90 Å². The van der Waals surface area contributed by atoms with Gasteiger partial charge < -0.3 is 9.80 Å². The summed E-state index contributed by atoms with van der Waals surface area (Å²) in [6, 6.07) is 8.32. The molecule has 1 aliphatic rings. The first-order valence-electron chi connectivity index (χ1n) is 7.50. The Morgan fingerprint density at radius 2 is 2.19 bits per heavy atom. The second-order valence-electron chi connectivity index (χ2n) is 5.71. The molecule has 0 aliphatic carbocycles. The van der Waals surface area contributed by atoms with Crippen molar-refractivity contribution >= 4 is 22.5 Å². The number of anilines is 1. The Kier molecular flexibility index (Phi) is 3.78. The van der Waals surface area contributed by atoms with E-state index < -0.39 is 0 Å². The largest absolute Gasteiger partial charge is 0.372 e. The first kappa shape index (κ1) is 13.9. The van der Waals surface area contributed by atoms with E-state index in [0.717, 1.165) is 31.6 Å². The van der Waals surface area contributed by atoms with Crippen molar-refractivity contribution in [1.29, 1.82) is 0 Å². The summed E-state index contributed by atoms with van der Waals surface area (Å²) in [5, 5.41) is 1.17. The summed E-state index contributed by atoms with van der Waals surface area (Å²) < 4.78 is 0. The number of carbonyl (C=O) groups excluding carboxylic acids is 1. The van der Waals surface area contributed by atoms with E-state index >= 15 is 0 Å². The molecule has 1 fully saturated rings. The molecule has 0 N–H and O–H groups in total. The number of amides is 1. The van der Waals surface area contributed by atoms with Gasteiger partial charge in [0.25, 0.3) is 0 Å². The Labute approximate surface area is 125 Å². The van der Waals surface area contributed by atoms with Gasteiger partial charge in [0.05, 0.1) is 5.52 Å². The lowest BCUT2D eigenvalue weighted by Gasteiger charge is -2.24. The third-order valence-corrected chi connectivity index (χ3v) is 4.24. The predicted molar refractivity (Wildman–Crippen MR) is 85.6 cm³/mol. The Hall–Kier alpha value is -2.10. The number of hydrogen-bond donors (Lipinski definition) is 0. The molecule has 0 bridgehead atoms. The van der Waals surface area contributed by atoms with Crippen molar-refractivity contribution in [3.8, 4) is 0 Å². The molecular weight excluding hydrogens is 262 g/mol. The van der Waals surface area contributed by atoms with E-state index in [1.807, 2.05) is 17.2 Å². The van der Waals surface area contributed by atoms with Gasteiger partial charge in [-0.15, -0.1) is 0 Å². The van der Waals surface area contributed by atoms with Crippen LogP contribution in [0, 0.1) is 6.92 Å². The lowest BCUT2D eigenvalue weighted by atomic mass is 10.1. The van der Waals surface area contributed by atoms with E-state index in [1.165, 1.54) is 16.6 Å². The predicted octanol–water partition coefficient (Wildman–Crippen LogP) is 2.60. The number of para-hydroxylation sites is 1. The minimum absolute atomic E-state index is 0.291. The molecule has 110 valence electrons. The number of pyridine rings is 1. The highest BCUT2D eigenvalue weighted by Gasteiger charge is 2.20. The third-order valence-electron chi connectivity index (χ3n) is 4.24. The summed E-state index contributed by atoms with van der Waals surface area (Å²) in [5.41, 5.74) is 3.42. The van der Waals surface area contributed by atoms with Gasteiger partial charge in [-0.05, 0) is 25.0 Å². The van der Waals surface area contributed by atoms with Crippen molar-refractivity contribution in [2.24, 2.45) is 0 Å². The molecule has 1 amide bonds. The normalized spacial score (nSPS) is 15.0. The SMILES string of the molecule is Cc1cccc2c(N(C)CCN3CCCC3=O)ccnc12. The number of rotatable bonds is 4. The molecule has 1 aliphatic heterocycles. The number of benzene rings is 1. The highest BCUT2D eigenvalue weighted by atomic mass is 16.2. The van der Waals surface area contributed by atoms with Crippen molar-refractivity contribution in [3.05, 3.63) is 36.0 Å². The van der Waals surface area contributed by atoms with Gasteiger partial charge in [0.1, 0.15) is 0 Å². The van der Waals surface area contributed by atoms with E-state index in [9.17, 15) is 4.79 Å². The highest BCUT2D eigenvalue weighted by Crippen LogP contribution is 2.26. The summed E-state index contributed by atoms with van der Waals surface area (Å²) in [4.78, 5) is 20.3. The monoisotopic (exact) mass is 283 g/mol. The average molecular weight is 283 g/mol. The van der Waals surface area contributed by atoms with Crippen molar-refractivity contribution in [2.45, 2.75) is 19.8 Å². The summed E-state index contributed by atoms with van der Waals surface area (Å²) >= 11 is 0. The summed E-state index contributed by atoms with van der Waals surface area (Å²) in [6.45, 7) is 4.63. The second-order valence-corrected chi connectivity index (χ2v) is 5.71. The first-order valence-corrected chi connectivity index (χ1v) is 7.50. The molecule has 1 aromatic heterocycles. The van der Waals surface area contributed by atoms with Gasteiger partial charge in [-0.3, -0.25) is 9.78 Å². The molecule has 0 atom stereocenters. The third kappa shape index (κ3) is 2.71. The molecular formula is C17H21N3O.